The standard InChI is InChI=1S/C11H24N2O2/c1-10(2)7-9(13(5,6)15)8-11(3,4)12(10)14/h9,14H,7-8H2,1-6H3. The van der Waals surface area contributed by atoms with Gasteiger partial charge >= 0.3 is 0 Å². The molecule has 0 bridgehead atoms. The van der Waals surface area contributed by atoms with Gasteiger partial charge in [0.1, 0.15) is 0 Å². The van der Waals surface area contributed by atoms with E-state index in [1.54, 1.807) is 14.1 Å². The van der Waals surface area contributed by atoms with E-state index in [-0.39, 0.29) is 21.8 Å². The summed E-state index contributed by atoms with van der Waals surface area (Å²) >= 11 is 0. The van der Waals surface area contributed by atoms with Crippen molar-refractivity contribution in [3.63, 3.8) is 0 Å². The molecule has 0 aromatic heterocycles. The van der Waals surface area contributed by atoms with E-state index < -0.39 is 0 Å². The predicted octanol–water partition coefficient (Wildman–Crippen LogP) is 1.97. The lowest BCUT2D eigenvalue weighted by atomic mass is 9.78. The summed E-state index contributed by atoms with van der Waals surface area (Å²) in [6, 6.07) is 0.0541. The van der Waals surface area contributed by atoms with Crippen LogP contribution in [0.15, 0.2) is 0 Å². The molecule has 1 rings (SSSR count). The highest BCUT2D eigenvalue weighted by Gasteiger charge is 2.48. The Hall–Kier alpha value is -0.160. The van der Waals surface area contributed by atoms with Gasteiger partial charge in [0.15, 0.2) is 0 Å². The highest BCUT2D eigenvalue weighted by molar-refractivity contribution is 4.96. The molecule has 0 atom stereocenters. The Balaban J connectivity index is 2.94. The third-order valence-electron chi connectivity index (χ3n) is 3.50. The Kier molecular flexibility index (Phi) is 2.94. The van der Waals surface area contributed by atoms with Crippen LogP contribution >= 0.6 is 0 Å². The van der Waals surface area contributed by atoms with Crippen LogP contribution in [0, 0.1) is 5.21 Å². The summed E-state index contributed by atoms with van der Waals surface area (Å²) in [4.78, 5) is 0. The average Bonchev–Trinajstić information content (AvgIpc) is 1.97. The third kappa shape index (κ3) is 2.50. The molecule has 0 amide bonds. The lowest BCUT2D eigenvalue weighted by Gasteiger charge is -2.56. The van der Waals surface area contributed by atoms with Crippen LogP contribution in [0.2, 0.25) is 0 Å². The number of quaternary nitrogens is 1. The van der Waals surface area contributed by atoms with Crippen molar-refractivity contribution >= 4 is 0 Å². The summed E-state index contributed by atoms with van der Waals surface area (Å²) in [5.74, 6) is 0. The Morgan fingerprint density at radius 2 is 1.47 bits per heavy atom. The number of hydrogen-bond acceptors (Lipinski definition) is 3. The van der Waals surface area contributed by atoms with E-state index in [0.717, 1.165) is 12.8 Å². The molecule has 0 spiro atoms. The largest absolute Gasteiger partial charge is 0.633 e. The fourth-order valence-electron chi connectivity index (χ4n) is 2.66. The number of nitrogens with zero attached hydrogens (tertiary/aromatic N) is 2. The lowest BCUT2D eigenvalue weighted by Crippen LogP contribution is -2.64. The van der Waals surface area contributed by atoms with Gasteiger partial charge in [0.25, 0.3) is 0 Å². The molecule has 90 valence electrons. The topological polar surface area (TPSA) is 46.5 Å². The van der Waals surface area contributed by atoms with E-state index in [0.29, 0.717) is 0 Å². The van der Waals surface area contributed by atoms with Crippen LogP contribution in [-0.4, -0.2) is 46.1 Å². The molecule has 0 aliphatic carbocycles. The maximum absolute atomic E-state index is 12.0. The first-order chi connectivity index (χ1) is 6.47. The maximum atomic E-state index is 12.0. The van der Waals surface area contributed by atoms with E-state index in [1.807, 2.05) is 27.7 Å². The van der Waals surface area contributed by atoms with Gasteiger partial charge in [0, 0.05) is 23.9 Å². The summed E-state index contributed by atoms with van der Waals surface area (Å²) < 4.78 is -0.277. The van der Waals surface area contributed by atoms with E-state index >= 15 is 0 Å². The number of hydrogen-bond donors (Lipinski definition) is 1. The second-order valence-electron chi connectivity index (χ2n) is 6.43. The van der Waals surface area contributed by atoms with Gasteiger partial charge in [-0.2, -0.15) is 5.06 Å². The first kappa shape index (κ1) is 12.9. The zero-order chi connectivity index (χ0) is 12.1. The first-order valence-electron chi connectivity index (χ1n) is 5.51. The van der Waals surface area contributed by atoms with Crippen LogP contribution in [0.25, 0.3) is 0 Å². The molecule has 0 aromatic rings. The van der Waals surface area contributed by atoms with Crippen LogP contribution < -0.4 is 0 Å². The molecule has 1 fully saturated rings. The molecule has 1 aliphatic rings. The summed E-state index contributed by atoms with van der Waals surface area (Å²) in [5.41, 5.74) is -0.654. The molecular formula is C11H24N2O2. The fourth-order valence-corrected chi connectivity index (χ4v) is 2.66. The SMILES string of the molecule is CC1(C)CC([N+](C)(C)[O-])CC(C)(C)N1O. The van der Waals surface area contributed by atoms with Crippen LogP contribution in [-0.2, 0) is 0 Å². The van der Waals surface area contributed by atoms with Crippen LogP contribution in [0.5, 0.6) is 0 Å². The summed E-state index contributed by atoms with van der Waals surface area (Å²) in [7, 11) is 3.37. The van der Waals surface area contributed by atoms with E-state index in [4.69, 9.17) is 0 Å². The van der Waals surface area contributed by atoms with Crippen molar-refractivity contribution < 1.29 is 9.85 Å². The Bertz CT molecular complexity index is 225. The quantitative estimate of drug-likeness (QED) is 0.538. The van der Waals surface area contributed by atoms with Gasteiger partial charge in [0.2, 0.25) is 0 Å². The number of rotatable bonds is 1. The molecule has 1 aliphatic heterocycles. The maximum Gasteiger partial charge on any atom is 0.0920 e. The molecule has 1 N–H and O–H groups in total. The van der Waals surface area contributed by atoms with Gasteiger partial charge in [-0.1, -0.05) is 0 Å². The zero-order valence-corrected chi connectivity index (χ0v) is 10.7. The minimum atomic E-state index is -0.327. The molecular weight excluding hydrogens is 192 g/mol. The molecule has 0 unspecified atom stereocenters. The molecule has 0 aromatic carbocycles. The molecule has 1 saturated heterocycles. The highest BCUT2D eigenvalue weighted by Crippen LogP contribution is 2.39. The normalized spacial score (nSPS) is 28.0. The van der Waals surface area contributed by atoms with Gasteiger partial charge in [-0.05, 0) is 27.7 Å². The molecule has 4 heteroatoms. The van der Waals surface area contributed by atoms with Crippen LogP contribution in [0.4, 0.5) is 0 Å². The van der Waals surface area contributed by atoms with Crippen molar-refractivity contribution in [3.05, 3.63) is 5.21 Å². The molecule has 0 saturated carbocycles. The monoisotopic (exact) mass is 216 g/mol. The van der Waals surface area contributed by atoms with E-state index in [1.165, 1.54) is 5.06 Å². The third-order valence-corrected chi connectivity index (χ3v) is 3.50. The smallest absolute Gasteiger partial charge is 0.0920 e. The zero-order valence-electron chi connectivity index (χ0n) is 10.7. The van der Waals surface area contributed by atoms with Crippen molar-refractivity contribution in [2.75, 3.05) is 14.1 Å². The molecule has 4 nitrogen and oxygen atoms in total. The molecule has 15 heavy (non-hydrogen) atoms. The summed E-state index contributed by atoms with van der Waals surface area (Å²) in [6.45, 7) is 7.93. The second kappa shape index (κ2) is 3.42. The Morgan fingerprint density at radius 1 is 1.13 bits per heavy atom. The summed E-state index contributed by atoms with van der Waals surface area (Å²) in [6.07, 6.45) is 1.45. The van der Waals surface area contributed by atoms with Gasteiger partial charge in [-0.25, -0.2) is 0 Å². The molecule has 1 heterocycles. The number of piperidine rings is 1. The Labute approximate surface area is 92.6 Å². The lowest BCUT2D eigenvalue weighted by molar-refractivity contribution is -0.870. The minimum Gasteiger partial charge on any atom is -0.633 e. The van der Waals surface area contributed by atoms with Crippen molar-refractivity contribution in [3.8, 4) is 0 Å². The first-order valence-corrected chi connectivity index (χ1v) is 5.51. The van der Waals surface area contributed by atoms with Crippen molar-refractivity contribution in [1.82, 2.24) is 5.06 Å². The van der Waals surface area contributed by atoms with Crippen molar-refractivity contribution in [2.45, 2.75) is 57.7 Å². The molecule has 0 radical (unpaired) electrons. The highest BCUT2D eigenvalue weighted by atomic mass is 16.5. The Morgan fingerprint density at radius 3 is 1.73 bits per heavy atom. The van der Waals surface area contributed by atoms with E-state index in [9.17, 15) is 10.4 Å². The minimum absolute atomic E-state index is 0.0541. The van der Waals surface area contributed by atoms with Gasteiger partial charge in [-0.15, -0.1) is 0 Å². The summed E-state index contributed by atoms with van der Waals surface area (Å²) in [5, 5.41) is 23.5. The average molecular weight is 216 g/mol. The second-order valence-corrected chi connectivity index (χ2v) is 6.43. The van der Waals surface area contributed by atoms with Crippen molar-refractivity contribution in [2.24, 2.45) is 0 Å². The van der Waals surface area contributed by atoms with Crippen LogP contribution in [0.1, 0.15) is 40.5 Å². The number of hydroxylamine groups is 5. The van der Waals surface area contributed by atoms with Gasteiger partial charge in [0.05, 0.1) is 20.1 Å². The fraction of sp³-hybridized carbons (Fsp3) is 1.00. The van der Waals surface area contributed by atoms with E-state index in [2.05, 4.69) is 0 Å². The van der Waals surface area contributed by atoms with Gasteiger partial charge in [-0.3, -0.25) is 0 Å². The van der Waals surface area contributed by atoms with Crippen LogP contribution in [0.3, 0.4) is 0 Å². The van der Waals surface area contributed by atoms with Crippen molar-refractivity contribution in [1.29, 1.82) is 0 Å². The van der Waals surface area contributed by atoms with Gasteiger partial charge < -0.3 is 15.1 Å². The predicted molar refractivity (Wildman–Crippen MR) is 60.3 cm³/mol.